The number of carbonyl (C=O) groups excluding carboxylic acids is 8. The molecule has 10 N–H and O–H groups in total. The minimum Gasteiger partial charge on any atom is -0.480 e. The predicted molar refractivity (Wildman–Crippen MR) is 208 cm³/mol. The lowest BCUT2D eigenvalue weighted by Crippen LogP contribution is -2.56. The van der Waals surface area contributed by atoms with Crippen LogP contribution < -0.4 is 38.1 Å². The van der Waals surface area contributed by atoms with Gasteiger partial charge in [0.15, 0.2) is 5.96 Å². The summed E-state index contributed by atoms with van der Waals surface area (Å²) in [5.41, 5.74) is 10.9. The largest absolute Gasteiger partial charge is 0.480 e. The van der Waals surface area contributed by atoms with Gasteiger partial charge in [-0.15, -0.1) is 0 Å². The van der Waals surface area contributed by atoms with Crippen molar-refractivity contribution in [3.8, 4) is 0 Å². The number of likely N-dealkylation sites (tertiary alicyclic amines) is 4. The van der Waals surface area contributed by atoms with Crippen LogP contribution in [0.4, 0.5) is 0 Å². The molecule has 5 saturated heterocycles. The van der Waals surface area contributed by atoms with Gasteiger partial charge in [-0.2, -0.15) is 0 Å². The second-order valence-electron chi connectivity index (χ2n) is 15.6. The Morgan fingerprint density at radius 2 is 1.14 bits per heavy atom. The number of nitrogens with two attached hydrogens (primary N) is 2. The molecule has 0 aromatic heterocycles. The van der Waals surface area contributed by atoms with Crippen molar-refractivity contribution in [2.75, 3.05) is 58.9 Å². The second kappa shape index (κ2) is 20.9. The van der Waals surface area contributed by atoms with Gasteiger partial charge < -0.3 is 62.8 Å². The zero-order chi connectivity index (χ0) is 42.6. The number of carboxylic acid groups (broad SMARTS) is 1. The summed E-state index contributed by atoms with van der Waals surface area (Å²) in [6.07, 6.45) is 5.69. The lowest BCUT2D eigenvalue weighted by Gasteiger charge is -2.31. The van der Waals surface area contributed by atoms with Crippen LogP contribution in [0.3, 0.4) is 0 Å². The van der Waals surface area contributed by atoms with Crippen LogP contribution >= 0.6 is 0 Å². The van der Waals surface area contributed by atoms with Crippen LogP contribution in [0.1, 0.15) is 77.0 Å². The van der Waals surface area contributed by atoms with Crippen molar-refractivity contribution >= 4 is 59.2 Å². The minimum atomic E-state index is -1.22. The van der Waals surface area contributed by atoms with E-state index in [-0.39, 0.29) is 63.5 Å². The molecule has 5 heterocycles. The standard InChI is InChI=1S/C37H58N12O10/c38-37(39)41-14-1-7-22(31(54)42-19-29(51)47-16-6-12-27(47)36(59)49-18-5-10-25(49)33(56)44-21-30(52)53)45-34(57)26-11-3-15-46(26)28(50)20-43-32(55)24-9-4-17-48(24)35(58)23-8-2-13-40-23/h22-27,40H,1-21H2,(H,42,54)(H,43,55)(H,44,56)(H,45,57)(H,52,53)(H4,38,39,41)/t22-,23-,24-,25-,26-,27-/m0/s1. The average molecular weight is 831 g/mol. The van der Waals surface area contributed by atoms with Crippen LogP contribution in [0.2, 0.25) is 0 Å². The molecule has 5 aliphatic rings. The molecule has 6 atom stereocenters. The molecule has 0 radical (unpaired) electrons. The minimum absolute atomic E-state index is 0.0807. The lowest BCUT2D eigenvalue weighted by atomic mass is 10.1. The fourth-order valence-corrected chi connectivity index (χ4v) is 8.64. The lowest BCUT2D eigenvalue weighted by molar-refractivity contribution is -0.147. The zero-order valence-electron chi connectivity index (χ0n) is 33.3. The molecule has 5 rings (SSSR count). The Hall–Kier alpha value is -5.54. The molecule has 22 heteroatoms. The van der Waals surface area contributed by atoms with E-state index in [0.717, 1.165) is 13.0 Å². The normalized spacial score (nSPS) is 24.4. The van der Waals surface area contributed by atoms with E-state index in [4.69, 9.17) is 16.6 Å². The first-order valence-corrected chi connectivity index (χ1v) is 20.6. The Labute approximate surface area is 341 Å². The predicted octanol–water partition coefficient (Wildman–Crippen LogP) is -4.33. The third-order valence-electron chi connectivity index (χ3n) is 11.6. The maximum absolute atomic E-state index is 13.7. The van der Waals surface area contributed by atoms with Crippen LogP contribution in [0.15, 0.2) is 4.99 Å². The number of rotatable bonds is 17. The third-order valence-corrected chi connectivity index (χ3v) is 11.6. The van der Waals surface area contributed by atoms with E-state index in [1.165, 1.54) is 14.7 Å². The van der Waals surface area contributed by atoms with E-state index in [1.807, 2.05) is 0 Å². The van der Waals surface area contributed by atoms with Gasteiger partial charge in [-0.25, -0.2) is 0 Å². The average Bonchev–Trinajstić information content (AvgIpc) is 4.07. The molecule has 0 aromatic rings. The van der Waals surface area contributed by atoms with E-state index in [9.17, 15) is 43.2 Å². The Balaban J connectivity index is 1.15. The molecule has 0 spiro atoms. The molecule has 22 nitrogen and oxygen atoms in total. The molecule has 5 aliphatic heterocycles. The van der Waals surface area contributed by atoms with Gasteiger partial charge in [-0.3, -0.25) is 48.1 Å². The van der Waals surface area contributed by atoms with Gasteiger partial charge in [0.25, 0.3) is 0 Å². The number of aliphatic carboxylic acids is 1. The Kier molecular flexibility index (Phi) is 15.8. The molecule has 0 aromatic carbocycles. The summed E-state index contributed by atoms with van der Waals surface area (Å²) in [5, 5.41) is 22.4. The maximum atomic E-state index is 13.7. The summed E-state index contributed by atoms with van der Waals surface area (Å²) in [6.45, 7) is 0.697. The Bertz CT molecular complexity index is 1650. The van der Waals surface area contributed by atoms with Crippen molar-refractivity contribution in [3.63, 3.8) is 0 Å². The van der Waals surface area contributed by atoms with Crippen LogP contribution in [0.25, 0.3) is 0 Å². The molecule has 5 fully saturated rings. The van der Waals surface area contributed by atoms with Crippen molar-refractivity contribution in [2.24, 2.45) is 16.5 Å². The van der Waals surface area contributed by atoms with E-state index in [2.05, 4.69) is 31.6 Å². The number of carboxylic acids is 1. The van der Waals surface area contributed by atoms with Crippen LogP contribution in [0.5, 0.6) is 0 Å². The first kappa shape index (κ1) is 44.6. The van der Waals surface area contributed by atoms with E-state index in [1.54, 1.807) is 4.90 Å². The van der Waals surface area contributed by atoms with Crippen molar-refractivity contribution in [3.05, 3.63) is 0 Å². The number of amides is 8. The highest BCUT2D eigenvalue weighted by atomic mass is 16.4. The summed E-state index contributed by atoms with van der Waals surface area (Å²) in [5.74, 6) is -5.22. The van der Waals surface area contributed by atoms with E-state index in [0.29, 0.717) is 64.3 Å². The molecule has 0 unspecified atom stereocenters. The second-order valence-corrected chi connectivity index (χ2v) is 15.6. The molecule has 0 bridgehead atoms. The third kappa shape index (κ3) is 11.6. The van der Waals surface area contributed by atoms with E-state index < -0.39 is 90.6 Å². The van der Waals surface area contributed by atoms with Gasteiger partial charge in [-0.05, 0) is 83.6 Å². The molecule has 0 aliphatic carbocycles. The SMILES string of the molecule is NC(N)=NCCC[C@H](NC(=O)[C@@H]1CCCN1C(=O)CNC(=O)[C@@H]1CCCN1C(=O)[C@@H]1CCCN1)C(=O)NCC(=O)N1CCC[C@H]1C(=O)N1CCC[C@H]1C(=O)NCC(=O)O. The van der Waals surface area contributed by atoms with E-state index >= 15 is 0 Å². The van der Waals surface area contributed by atoms with Crippen molar-refractivity contribution in [2.45, 2.75) is 113 Å². The summed E-state index contributed by atoms with van der Waals surface area (Å²) in [4.78, 5) is 127. The Morgan fingerprint density at radius 3 is 1.69 bits per heavy atom. The Morgan fingerprint density at radius 1 is 0.627 bits per heavy atom. The number of guanidine groups is 1. The summed E-state index contributed by atoms with van der Waals surface area (Å²) < 4.78 is 0. The van der Waals surface area contributed by atoms with Crippen LogP contribution in [0, 0.1) is 0 Å². The van der Waals surface area contributed by atoms with Crippen molar-refractivity contribution < 1.29 is 48.3 Å². The van der Waals surface area contributed by atoms with Crippen molar-refractivity contribution in [1.29, 1.82) is 0 Å². The highest BCUT2D eigenvalue weighted by molar-refractivity contribution is 5.97. The fourth-order valence-electron chi connectivity index (χ4n) is 8.64. The monoisotopic (exact) mass is 830 g/mol. The highest BCUT2D eigenvalue weighted by Crippen LogP contribution is 2.26. The fraction of sp³-hybridized carbons (Fsp3) is 0.730. The number of aliphatic imine (C=N–C) groups is 1. The van der Waals surface area contributed by atoms with Gasteiger partial charge in [0.2, 0.25) is 47.3 Å². The number of carbonyl (C=O) groups is 9. The number of hydrogen-bond donors (Lipinski definition) is 8. The molecule has 59 heavy (non-hydrogen) atoms. The molecule has 8 amide bonds. The van der Waals surface area contributed by atoms with Gasteiger partial charge in [0.1, 0.15) is 36.8 Å². The number of nitrogens with zero attached hydrogens (tertiary/aromatic N) is 5. The summed E-state index contributed by atoms with van der Waals surface area (Å²) in [6, 6.07) is -4.79. The maximum Gasteiger partial charge on any atom is 0.322 e. The van der Waals surface area contributed by atoms with Crippen LogP contribution in [-0.2, 0) is 43.2 Å². The van der Waals surface area contributed by atoms with Gasteiger partial charge in [0, 0.05) is 32.7 Å². The van der Waals surface area contributed by atoms with Gasteiger partial charge in [-0.1, -0.05) is 0 Å². The smallest absolute Gasteiger partial charge is 0.322 e. The molecule has 326 valence electrons. The zero-order valence-corrected chi connectivity index (χ0v) is 33.3. The number of nitrogens with one attached hydrogen (secondary N) is 5. The summed E-state index contributed by atoms with van der Waals surface area (Å²) >= 11 is 0. The number of hydrogen-bond acceptors (Lipinski definition) is 11. The summed E-state index contributed by atoms with van der Waals surface area (Å²) in [7, 11) is 0. The first-order chi connectivity index (χ1) is 28.3. The molecule has 0 saturated carbocycles. The molecular weight excluding hydrogens is 772 g/mol. The topological polar surface area (TPSA) is 311 Å². The first-order valence-electron chi connectivity index (χ1n) is 20.6. The highest BCUT2D eigenvalue weighted by Gasteiger charge is 2.43. The van der Waals surface area contributed by atoms with Gasteiger partial charge >= 0.3 is 5.97 Å². The van der Waals surface area contributed by atoms with Crippen molar-refractivity contribution in [1.82, 2.24) is 46.2 Å². The van der Waals surface area contributed by atoms with Crippen LogP contribution in [-0.4, -0.2) is 179 Å². The molecular formula is C37H58N12O10. The quantitative estimate of drug-likeness (QED) is 0.0391. The van der Waals surface area contributed by atoms with Gasteiger partial charge in [0.05, 0.1) is 19.1 Å².